The summed E-state index contributed by atoms with van der Waals surface area (Å²) in [5.41, 5.74) is 0.327. The summed E-state index contributed by atoms with van der Waals surface area (Å²) in [6.45, 7) is 3.89. The molecule has 0 saturated carbocycles. The van der Waals surface area contributed by atoms with Crippen molar-refractivity contribution in [1.29, 1.82) is 0 Å². The number of para-hydroxylation sites is 1. The van der Waals surface area contributed by atoms with Crippen molar-refractivity contribution >= 4 is 57.1 Å². The minimum absolute atomic E-state index is 0.157. The number of amides is 2. The van der Waals surface area contributed by atoms with Crippen LogP contribution in [0.4, 0.5) is 5.82 Å². The molecule has 136 valence electrons. The molecule has 4 rings (SSSR count). The summed E-state index contributed by atoms with van der Waals surface area (Å²) in [5.74, 6) is 0.322. The van der Waals surface area contributed by atoms with Crippen LogP contribution >= 0.6 is 39.5 Å². The zero-order valence-corrected chi connectivity index (χ0v) is 17.2. The second kappa shape index (κ2) is 6.28. The van der Waals surface area contributed by atoms with Crippen LogP contribution < -0.4 is 4.31 Å². The Labute approximate surface area is 168 Å². The molecule has 3 heterocycles. The molecule has 1 unspecified atom stereocenters. The average molecular weight is 456 g/mol. The molecule has 2 aromatic rings. The van der Waals surface area contributed by atoms with Gasteiger partial charge in [-0.1, -0.05) is 45.7 Å². The Balaban J connectivity index is 1.70. The first-order valence-electron chi connectivity index (χ1n) is 8.06. The molecule has 0 spiro atoms. The number of carbonyl (C=O) groups is 2. The van der Waals surface area contributed by atoms with E-state index in [1.165, 1.54) is 16.8 Å². The predicted molar refractivity (Wildman–Crippen MR) is 106 cm³/mol. The van der Waals surface area contributed by atoms with E-state index in [9.17, 15) is 9.59 Å². The van der Waals surface area contributed by atoms with Gasteiger partial charge in [0, 0.05) is 6.07 Å². The van der Waals surface area contributed by atoms with Crippen LogP contribution in [-0.4, -0.2) is 47.6 Å². The van der Waals surface area contributed by atoms with E-state index < -0.39 is 21.1 Å². The molecule has 2 aliphatic rings. The number of hydrogen-bond acceptors (Lipinski definition) is 4. The van der Waals surface area contributed by atoms with Crippen molar-refractivity contribution in [1.82, 2.24) is 14.7 Å². The van der Waals surface area contributed by atoms with Gasteiger partial charge in [0.05, 0.1) is 16.6 Å². The van der Waals surface area contributed by atoms with Crippen LogP contribution in [0.2, 0.25) is 0 Å². The summed E-state index contributed by atoms with van der Waals surface area (Å²) in [6, 6.07) is 10.8. The molecule has 2 aliphatic heterocycles. The lowest BCUT2D eigenvalue weighted by molar-refractivity contribution is -0.149. The number of nitrogens with zero attached hydrogens (tertiary/aromatic N) is 4. The van der Waals surface area contributed by atoms with Crippen LogP contribution in [0, 0.1) is 0 Å². The fourth-order valence-electron chi connectivity index (χ4n) is 3.28. The monoisotopic (exact) mass is 454 g/mol. The number of anilines is 1. The molecule has 2 amide bonds. The van der Waals surface area contributed by atoms with Crippen molar-refractivity contribution in [3.63, 3.8) is 0 Å². The molecular formula is C17H16BrClN4O2S. The molecule has 9 heteroatoms. The van der Waals surface area contributed by atoms with E-state index in [1.807, 2.05) is 44.2 Å². The van der Waals surface area contributed by atoms with Crippen molar-refractivity contribution in [2.24, 2.45) is 0 Å². The fourth-order valence-corrected chi connectivity index (χ4v) is 5.29. The van der Waals surface area contributed by atoms with Gasteiger partial charge in [-0.05, 0) is 37.9 Å². The average Bonchev–Trinajstić information content (AvgIpc) is 3.20. The summed E-state index contributed by atoms with van der Waals surface area (Å²) in [7, 11) is 0. The number of halogens is 2. The number of benzene rings is 1. The van der Waals surface area contributed by atoms with E-state index in [2.05, 4.69) is 21.0 Å². The smallest absolute Gasteiger partial charge is 0.262 e. The molecule has 0 radical (unpaired) electrons. The number of rotatable bonds is 3. The first kappa shape index (κ1) is 17.9. The number of aromatic nitrogens is 2. The molecule has 0 N–H and O–H groups in total. The highest BCUT2D eigenvalue weighted by Gasteiger charge is 2.60. The van der Waals surface area contributed by atoms with Crippen LogP contribution in [0.3, 0.4) is 0 Å². The maximum absolute atomic E-state index is 13.2. The third-order valence-corrected chi connectivity index (χ3v) is 7.43. The zero-order valence-electron chi connectivity index (χ0n) is 14.0. The highest BCUT2D eigenvalue weighted by Crippen LogP contribution is 2.48. The molecule has 0 bridgehead atoms. The van der Waals surface area contributed by atoms with Gasteiger partial charge in [0.1, 0.15) is 22.2 Å². The topological polar surface area (TPSA) is 58.4 Å². The minimum Gasteiger partial charge on any atom is -0.310 e. The van der Waals surface area contributed by atoms with Crippen LogP contribution in [0.5, 0.6) is 0 Å². The SMILES string of the molecule is CC1(C)SN(c2ccnn2-c2ccccc2)C(=O)C1N1C(=O)[C@H](Br)[C@H]1Cl. The van der Waals surface area contributed by atoms with E-state index in [4.69, 9.17) is 11.6 Å². The normalized spacial score (nSPS) is 27.8. The second-order valence-electron chi connectivity index (χ2n) is 6.69. The Morgan fingerprint density at radius 3 is 2.50 bits per heavy atom. The second-order valence-corrected chi connectivity index (χ2v) is 9.72. The van der Waals surface area contributed by atoms with Crippen LogP contribution in [0.15, 0.2) is 42.6 Å². The highest BCUT2D eigenvalue weighted by molar-refractivity contribution is 9.10. The summed E-state index contributed by atoms with van der Waals surface area (Å²) in [6.07, 6.45) is 1.66. The molecular weight excluding hydrogens is 440 g/mol. The van der Waals surface area contributed by atoms with Crippen molar-refractivity contribution < 1.29 is 9.59 Å². The molecule has 0 aliphatic carbocycles. The molecule has 1 aromatic carbocycles. The predicted octanol–water partition coefficient (Wildman–Crippen LogP) is 3.18. The van der Waals surface area contributed by atoms with E-state index in [0.717, 1.165) is 5.69 Å². The van der Waals surface area contributed by atoms with E-state index >= 15 is 0 Å². The van der Waals surface area contributed by atoms with E-state index in [-0.39, 0.29) is 11.8 Å². The maximum Gasteiger partial charge on any atom is 0.262 e. The van der Waals surface area contributed by atoms with Gasteiger partial charge in [0.25, 0.3) is 5.91 Å². The summed E-state index contributed by atoms with van der Waals surface area (Å²) >= 11 is 10.9. The van der Waals surface area contributed by atoms with Crippen molar-refractivity contribution in [2.45, 2.75) is 35.0 Å². The standard InChI is InChI=1S/C17H16BrClN4O2S/c1-17(2)13(21-14(19)12(18)15(21)24)16(25)23(26-17)11-8-9-20-22(11)10-6-4-3-5-7-10/h3-9,12-14H,1-2H3/t12-,13?,14+/m1/s1. The lowest BCUT2D eigenvalue weighted by Crippen LogP contribution is -2.67. The van der Waals surface area contributed by atoms with Crippen LogP contribution in [-0.2, 0) is 9.59 Å². The number of carbonyl (C=O) groups excluding carboxylic acids is 2. The van der Waals surface area contributed by atoms with E-state index in [1.54, 1.807) is 21.3 Å². The maximum atomic E-state index is 13.2. The Kier molecular flexibility index (Phi) is 4.32. The van der Waals surface area contributed by atoms with Gasteiger partial charge < -0.3 is 4.90 Å². The number of likely N-dealkylation sites (tertiary alicyclic amines) is 1. The third kappa shape index (κ3) is 2.58. The fraction of sp³-hybridized carbons (Fsp3) is 0.353. The number of β-lactam (4-membered cyclic amide) rings is 1. The van der Waals surface area contributed by atoms with Gasteiger partial charge in [-0.3, -0.25) is 9.59 Å². The zero-order chi connectivity index (χ0) is 18.6. The summed E-state index contributed by atoms with van der Waals surface area (Å²) < 4.78 is 2.81. The van der Waals surface area contributed by atoms with Crippen molar-refractivity contribution in [2.75, 3.05) is 4.31 Å². The molecule has 26 heavy (non-hydrogen) atoms. The van der Waals surface area contributed by atoms with Gasteiger partial charge in [-0.15, -0.1) is 0 Å². The van der Waals surface area contributed by atoms with Crippen LogP contribution in [0.1, 0.15) is 13.8 Å². The number of alkyl halides is 2. The highest BCUT2D eigenvalue weighted by atomic mass is 79.9. The Morgan fingerprint density at radius 1 is 1.15 bits per heavy atom. The lowest BCUT2D eigenvalue weighted by atomic mass is 9.96. The third-order valence-electron chi connectivity index (χ3n) is 4.53. The summed E-state index contributed by atoms with van der Waals surface area (Å²) in [4.78, 5) is 26.5. The largest absolute Gasteiger partial charge is 0.310 e. The quantitative estimate of drug-likeness (QED) is 0.309. The Morgan fingerprint density at radius 2 is 1.85 bits per heavy atom. The molecule has 1 aromatic heterocycles. The van der Waals surface area contributed by atoms with Gasteiger partial charge in [0.2, 0.25) is 5.91 Å². The van der Waals surface area contributed by atoms with Crippen LogP contribution in [0.25, 0.3) is 5.69 Å². The Hall–Kier alpha value is -1.51. The van der Waals surface area contributed by atoms with Gasteiger partial charge in [-0.2, -0.15) is 5.10 Å². The molecule has 2 saturated heterocycles. The molecule has 3 atom stereocenters. The lowest BCUT2D eigenvalue weighted by Gasteiger charge is -2.46. The molecule has 2 fully saturated rings. The minimum atomic E-state index is -0.629. The molecule has 6 nitrogen and oxygen atoms in total. The van der Waals surface area contributed by atoms with E-state index in [0.29, 0.717) is 5.82 Å². The first-order chi connectivity index (χ1) is 12.3. The van der Waals surface area contributed by atoms with Gasteiger partial charge in [-0.25, -0.2) is 8.99 Å². The van der Waals surface area contributed by atoms with Crippen molar-refractivity contribution in [3.05, 3.63) is 42.6 Å². The summed E-state index contributed by atoms with van der Waals surface area (Å²) in [5, 5.41) is 4.35. The Bertz CT molecular complexity index is 875. The van der Waals surface area contributed by atoms with Crippen molar-refractivity contribution in [3.8, 4) is 5.69 Å². The van der Waals surface area contributed by atoms with Gasteiger partial charge >= 0.3 is 0 Å². The first-order valence-corrected chi connectivity index (χ1v) is 10.2. The van der Waals surface area contributed by atoms with Gasteiger partial charge in [0.15, 0.2) is 0 Å². The number of hydrogen-bond donors (Lipinski definition) is 0.